The Morgan fingerprint density at radius 2 is 2.00 bits per heavy atom. The van der Waals surface area contributed by atoms with Gasteiger partial charge in [0.15, 0.2) is 0 Å². The molecular formula is C4H5Br2CoO. The fourth-order valence-electron chi connectivity index (χ4n) is 0.107. The van der Waals surface area contributed by atoms with Crippen LogP contribution >= 0.6 is 0 Å². The zero-order valence-corrected chi connectivity index (χ0v) is 8.20. The molecule has 0 heterocycles. The number of hydrogen-bond acceptors (Lipinski definition) is 1. The van der Waals surface area contributed by atoms with Gasteiger partial charge in [-0.3, -0.25) is 0 Å². The summed E-state index contributed by atoms with van der Waals surface area (Å²) in [4.78, 5) is 9.83. The molecular weight excluding hydrogens is 283 g/mol. The van der Waals surface area contributed by atoms with Crippen molar-refractivity contribution < 1.29 is 54.5 Å². The number of carbonyl (C=O) groups excluding carboxylic acids is 1. The predicted molar refractivity (Wildman–Crippen MR) is 19.8 cm³/mol. The fraction of sp³-hybridized carbons (Fsp3) is 0.250. The second kappa shape index (κ2) is 10.8. The van der Waals surface area contributed by atoms with Crippen LogP contribution < -0.4 is 34.0 Å². The smallest absolute Gasteiger partial charge is 1.00 e. The zero-order valence-electron chi connectivity index (χ0n) is 3.99. The summed E-state index contributed by atoms with van der Waals surface area (Å²) in [5.74, 6) is 0. The number of halogens is 2. The van der Waals surface area contributed by atoms with Crippen molar-refractivity contribution in [3.63, 3.8) is 0 Å². The van der Waals surface area contributed by atoms with Crippen LogP contribution in [0.1, 0.15) is 6.42 Å². The Labute approximate surface area is 78.0 Å². The van der Waals surface area contributed by atoms with E-state index in [9.17, 15) is 4.79 Å². The van der Waals surface area contributed by atoms with Gasteiger partial charge in [-0.2, -0.15) is 0 Å². The average Bonchev–Trinajstić information content (AvgIpc) is 1.35. The largest absolute Gasteiger partial charge is 1.00 e. The van der Waals surface area contributed by atoms with E-state index in [1.54, 1.807) is 0 Å². The first-order valence-corrected chi connectivity index (χ1v) is 2.06. The summed E-state index contributed by atoms with van der Waals surface area (Å²) in [6.07, 6.45) is 1.88. The van der Waals surface area contributed by atoms with Crippen LogP contribution in [0.5, 0.6) is 0 Å². The monoisotopic (exact) mass is 286 g/mol. The van der Waals surface area contributed by atoms with Crippen LogP contribution in [-0.4, -0.2) is 4.72 Å². The van der Waals surface area contributed by atoms with Crippen LogP contribution in [0.25, 0.3) is 0 Å². The first kappa shape index (κ1) is 15.9. The zero-order chi connectivity index (χ0) is 4.99. The van der Waals surface area contributed by atoms with Gasteiger partial charge in [0, 0.05) is 0 Å². The molecule has 0 spiro atoms. The average molecular weight is 288 g/mol. The summed E-state index contributed by atoms with van der Waals surface area (Å²) in [5.41, 5.74) is 0. The molecule has 0 unspecified atom stereocenters. The third kappa shape index (κ3) is 15.8. The molecule has 0 aliphatic heterocycles. The van der Waals surface area contributed by atoms with Crippen molar-refractivity contribution in [2.75, 3.05) is 0 Å². The molecule has 0 bridgehead atoms. The van der Waals surface area contributed by atoms with Gasteiger partial charge in [0.25, 0.3) is 0 Å². The first-order chi connectivity index (χ1) is 2.77. The van der Waals surface area contributed by atoms with Crippen molar-refractivity contribution in [1.82, 2.24) is 0 Å². The van der Waals surface area contributed by atoms with E-state index < -0.39 is 0 Å². The summed E-state index contributed by atoms with van der Waals surface area (Å²) in [7, 11) is 0. The minimum atomic E-state index is -0.141. The van der Waals surface area contributed by atoms with Crippen molar-refractivity contribution >= 4 is 4.72 Å². The molecule has 0 amide bonds. The molecule has 1 nitrogen and oxygen atoms in total. The van der Waals surface area contributed by atoms with Gasteiger partial charge < -0.3 is 34.0 Å². The van der Waals surface area contributed by atoms with Crippen molar-refractivity contribution in [3.8, 4) is 0 Å². The van der Waals surface area contributed by atoms with Crippen LogP contribution in [0, 0.1) is 0 Å². The number of carbonyl (C=O) groups is 1. The third-order valence-corrected chi connectivity index (χ3v) is 0.508. The molecule has 0 aromatic heterocycles. The molecule has 50 valence electrons. The van der Waals surface area contributed by atoms with Gasteiger partial charge in [-0.1, -0.05) is 0 Å². The maximum atomic E-state index is 9.83. The molecule has 0 saturated carbocycles. The third-order valence-electron chi connectivity index (χ3n) is 0.296. The Morgan fingerprint density at radius 1 is 1.62 bits per heavy atom. The fourth-order valence-corrected chi connectivity index (χ4v) is 0.257. The topological polar surface area (TPSA) is 17.1 Å². The Morgan fingerprint density at radius 3 is 2.00 bits per heavy atom. The molecule has 0 saturated heterocycles. The van der Waals surface area contributed by atoms with E-state index in [-0.39, 0.29) is 38.7 Å². The summed E-state index contributed by atoms with van der Waals surface area (Å²) in [6.45, 7) is 3.33. The standard InChI is InChI=1S/C4H5O.2BrH.Co/c1-2-3-4-5;;;/h2H,1,3H2;2*1H;/q;;;+2/p-2. The quantitative estimate of drug-likeness (QED) is 0.464. The molecule has 0 radical (unpaired) electrons. The second-order valence-electron chi connectivity index (χ2n) is 0.823. The minimum Gasteiger partial charge on any atom is -1.00 e. The van der Waals surface area contributed by atoms with E-state index >= 15 is 0 Å². The summed E-state index contributed by atoms with van der Waals surface area (Å²) in [6, 6.07) is 0. The van der Waals surface area contributed by atoms with Gasteiger partial charge in [0.1, 0.15) is 0 Å². The van der Waals surface area contributed by atoms with Crippen molar-refractivity contribution in [3.05, 3.63) is 12.7 Å². The minimum absolute atomic E-state index is 0. The van der Waals surface area contributed by atoms with Crippen LogP contribution in [0.15, 0.2) is 12.7 Å². The summed E-state index contributed by atoms with van der Waals surface area (Å²) in [5, 5.41) is 0. The van der Waals surface area contributed by atoms with Gasteiger partial charge >= 0.3 is 44.3 Å². The molecule has 8 heavy (non-hydrogen) atoms. The molecule has 0 aromatic rings. The summed E-state index contributed by atoms with van der Waals surface area (Å²) >= 11 is 3.51. The molecule has 0 N–H and O–H groups in total. The molecule has 0 fully saturated rings. The Balaban J connectivity index is -0.000000125. The van der Waals surface area contributed by atoms with Crippen LogP contribution in [0.3, 0.4) is 0 Å². The Hall–Kier alpha value is 0.876. The van der Waals surface area contributed by atoms with Crippen molar-refractivity contribution in [2.24, 2.45) is 0 Å². The van der Waals surface area contributed by atoms with Gasteiger partial charge in [0.05, 0.1) is 0 Å². The maximum absolute atomic E-state index is 9.83. The normalized spacial score (nSPS) is 5.62. The number of hydrogen-bond donors (Lipinski definition) is 0. The van der Waals surface area contributed by atoms with Crippen molar-refractivity contribution in [2.45, 2.75) is 6.42 Å². The molecule has 0 aromatic carbocycles. The number of allylic oxidation sites excluding steroid dienone is 1. The summed E-state index contributed by atoms with van der Waals surface area (Å²) < 4.78 is -0.141. The van der Waals surface area contributed by atoms with Crippen molar-refractivity contribution in [1.29, 1.82) is 0 Å². The SMILES string of the molecule is C=CC[C](=O)[Co+2].[Br-].[Br-]. The van der Waals surface area contributed by atoms with E-state index in [4.69, 9.17) is 0 Å². The first-order valence-electron chi connectivity index (χ1n) is 1.54. The van der Waals surface area contributed by atoms with E-state index in [2.05, 4.69) is 22.3 Å². The van der Waals surface area contributed by atoms with E-state index in [0.29, 0.717) is 6.42 Å². The van der Waals surface area contributed by atoms with E-state index in [0.717, 1.165) is 0 Å². The molecule has 0 atom stereocenters. The van der Waals surface area contributed by atoms with E-state index in [1.165, 1.54) is 6.08 Å². The van der Waals surface area contributed by atoms with E-state index in [1.807, 2.05) is 0 Å². The Bertz CT molecular complexity index is 74.4. The van der Waals surface area contributed by atoms with Crippen LogP contribution in [-0.2, 0) is 20.5 Å². The van der Waals surface area contributed by atoms with Gasteiger partial charge in [-0.25, -0.2) is 0 Å². The molecule has 0 rings (SSSR count). The maximum Gasteiger partial charge on any atom is -1.00 e. The van der Waals surface area contributed by atoms with Crippen LogP contribution in [0.2, 0.25) is 0 Å². The van der Waals surface area contributed by atoms with Gasteiger partial charge in [0.2, 0.25) is 0 Å². The second-order valence-corrected chi connectivity index (χ2v) is 1.40. The Kier molecular flexibility index (Phi) is 21.5. The molecule has 0 aliphatic carbocycles. The molecule has 4 heteroatoms. The van der Waals surface area contributed by atoms with Gasteiger partial charge in [-0.15, -0.1) is 0 Å². The van der Waals surface area contributed by atoms with Crippen LogP contribution in [0.4, 0.5) is 0 Å². The number of rotatable bonds is 2. The van der Waals surface area contributed by atoms with Gasteiger partial charge in [-0.05, 0) is 0 Å². The predicted octanol–water partition coefficient (Wildman–Crippen LogP) is -5.36. The molecule has 0 aliphatic rings.